The largest absolute Gasteiger partial charge is 0.322 e. The van der Waals surface area contributed by atoms with Crippen molar-refractivity contribution in [3.05, 3.63) is 47.7 Å². The molecule has 0 unspecified atom stereocenters. The predicted octanol–water partition coefficient (Wildman–Crippen LogP) is 4.21. The smallest absolute Gasteiger partial charge is 0.256 e. The normalized spacial score (nSPS) is 10.1. The maximum Gasteiger partial charge on any atom is 0.256 e. The second-order valence-corrected chi connectivity index (χ2v) is 7.16. The molecule has 0 saturated heterocycles. The third kappa shape index (κ3) is 3.17. The maximum atomic E-state index is 11.8. The molecule has 2 nitrogen and oxygen atoms in total. The molecule has 82 valence electrons. The lowest BCUT2D eigenvalue weighted by molar-refractivity contribution is 0.102. The van der Waals surface area contributed by atoms with Gasteiger partial charge in [-0.3, -0.25) is 4.79 Å². The molecule has 1 heterocycles. The van der Waals surface area contributed by atoms with Crippen molar-refractivity contribution in [2.24, 2.45) is 0 Å². The molecule has 2 aromatic rings. The molecule has 2 rings (SSSR count). The summed E-state index contributed by atoms with van der Waals surface area (Å²) in [5, 5.41) is 4.74. The van der Waals surface area contributed by atoms with Gasteiger partial charge in [-0.15, -0.1) is 11.3 Å². The van der Waals surface area contributed by atoms with Gasteiger partial charge in [-0.2, -0.15) is 0 Å². The molecule has 0 spiro atoms. The van der Waals surface area contributed by atoms with E-state index in [1.54, 1.807) is 11.3 Å². The summed E-state index contributed by atoms with van der Waals surface area (Å²) in [6.07, 6.45) is 0. The first-order valence-corrected chi connectivity index (χ1v) is 7.50. The fourth-order valence-electron chi connectivity index (χ4n) is 1.20. The molecule has 1 aromatic heterocycles. The number of thiophene rings is 1. The molecule has 0 aliphatic heterocycles. The number of halogens is 2. The average Bonchev–Trinajstić information content (AvgIpc) is 2.65. The van der Waals surface area contributed by atoms with E-state index in [-0.39, 0.29) is 5.91 Å². The van der Waals surface area contributed by atoms with Crippen LogP contribution >= 0.6 is 56.5 Å². The molecule has 1 N–H and O–H groups in total. The zero-order valence-corrected chi connectivity index (χ0v) is 13.2. The summed E-state index contributed by atoms with van der Waals surface area (Å²) in [5.74, 6) is -0.0545. The van der Waals surface area contributed by atoms with Crippen molar-refractivity contribution < 1.29 is 4.79 Å². The van der Waals surface area contributed by atoms with Gasteiger partial charge in [0.25, 0.3) is 5.91 Å². The van der Waals surface area contributed by atoms with Crippen LogP contribution in [0.15, 0.2) is 35.7 Å². The summed E-state index contributed by atoms with van der Waals surface area (Å²) in [7, 11) is 0. The highest BCUT2D eigenvalue weighted by atomic mass is 127. The van der Waals surface area contributed by atoms with Gasteiger partial charge in [0.15, 0.2) is 0 Å². The van der Waals surface area contributed by atoms with Gasteiger partial charge in [0.05, 0.1) is 8.45 Å². The van der Waals surface area contributed by atoms with Crippen LogP contribution < -0.4 is 5.32 Å². The molecule has 0 atom stereocenters. The second-order valence-electron chi connectivity index (χ2n) is 3.10. The molecule has 0 aliphatic carbocycles. The van der Waals surface area contributed by atoms with Gasteiger partial charge in [0.1, 0.15) is 0 Å². The highest BCUT2D eigenvalue weighted by Crippen LogP contribution is 2.18. The van der Waals surface area contributed by atoms with Crippen LogP contribution in [0.3, 0.4) is 0 Å². The number of benzene rings is 1. The van der Waals surface area contributed by atoms with Crippen molar-refractivity contribution in [2.75, 3.05) is 5.32 Å². The summed E-state index contributed by atoms with van der Waals surface area (Å²) in [5.41, 5.74) is 1.55. The molecule has 16 heavy (non-hydrogen) atoms. The Labute approximate surface area is 125 Å². The molecule has 0 aliphatic rings. The second kappa shape index (κ2) is 5.46. The van der Waals surface area contributed by atoms with Crippen molar-refractivity contribution >= 4 is 68.1 Å². The van der Waals surface area contributed by atoms with Crippen molar-refractivity contribution in [1.82, 2.24) is 0 Å². The quantitative estimate of drug-likeness (QED) is 0.676. The average molecular weight is 455 g/mol. The van der Waals surface area contributed by atoms with E-state index in [9.17, 15) is 4.79 Å². The molecule has 1 amide bonds. The van der Waals surface area contributed by atoms with Crippen LogP contribution in [0.25, 0.3) is 0 Å². The SMILES string of the molecule is O=C(Nc1cccc(I)c1)c1csc(I)c1. The Hall–Kier alpha value is -0.150. The number of carbonyl (C=O) groups is 1. The van der Waals surface area contributed by atoms with Crippen molar-refractivity contribution in [1.29, 1.82) is 0 Å². The van der Waals surface area contributed by atoms with Gasteiger partial charge in [0.2, 0.25) is 0 Å². The first-order valence-electron chi connectivity index (χ1n) is 4.46. The molecule has 5 heteroatoms. The zero-order chi connectivity index (χ0) is 11.5. The predicted molar refractivity (Wildman–Crippen MR) is 84.1 cm³/mol. The monoisotopic (exact) mass is 455 g/mol. The van der Waals surface area contributed by atoms with Gasteiger partial charge >= 0.3 is 0 Å². The number of rotatable bonds is 2. The number of hydrogen-bond donors (Lipinski definition) is 1. The number of hydrogen-bond acceptors (Lipinski definition) is 2. The van der Waals surface area contributed by atoms with Crippen LogP contribution in [0, 0.1) is 6.45 Å². The van der Waals surface area contributed by atoms with Crippen LogP contribution in [-0.2, 0) is 0 Å². The van der Waals surface area contributed by atoms with Crippen LogP contribution in [0.4, 0.5) is 5.69 Å². The van der Waals surface area contributed by atoms with E-state index in [0.29, 0.717) is 5.56 Å². The highest BCUT2D eigenvalue weighted by Gasteiger charge is 2.07. The number of anilines is 1. The third-order valence-electron chi connectivity index (χ3n) is 1.91. The van der Waals surface area contributed by atoms with Crippen molar-refractivity contribution in [3.63, 3.8) is 0 Å². The maximum absolute atomic E-state index is 11.8. The Morgan fingerprint density at radius 2 is 2.06 bits per heavy atom. The van der Waals surface area contributed by atoms with Gasteiger partial charge in [-0.25, -0.2) is 0 Å². The number of amides is 1. The number of carbonyl (C=O) groups excluding carboxylic acids is 1. The van der Waals surface area contributed by atoms with Gasteiger partial charge in [-0.1, -0.05) is 6.07 Å². The van der Waals surface area contributed by atoms with Crippen LogP contribution in [0.5, 0.6) is 0 Å². The minimum absolute atomic E-state index is 0.0545. The Balaban J connectivity index is 2.13. The van der Waals surface area contributed by atoms with Crippen LogP contribution in [0.1, 0.15) is 10.4 Å². The van der Waals surface area contributed by atoms with E-state index < -0.39 is 0 Å². The molecule has 0 radical (unpaired) electrons. The first kappa shape index (κ1) is 12.3. The van der Waals surface area contributed by atoms with Crippen LogP contribution in [0.2, 0.25) is 0 Å². The molecule has 0 saturated carbocycles. The van der Waals surface area contributed by atoms with Gasteiger partial charge < -0.3 is 5.32 Å². The van der Waals surface area contributed by atoms with Gasteiger partial charge in [-0.05, 0) is 69.4 Å². The standard InChI is InChI=1S/C11H7I2NOS/c12-8-2-1-3-9(5-8)14-11(15)7-4-10(13)16-6-7/h1-6H,(H,14,15). The van der Waals surface area contributed by atoms with Gasteiger partial charge in [0, 0.05) is 14.6 Å². The lowest BCUT2D eigenvalue weighted by atomic mass is 10.3. The van der Waals surface area contributed by atoms with E-state index in [0.717, 1.165) is 12.1 Å². The molecule has 0 bridgehead atoms. The summed E-state index contributed by atoms with van der Waals surface area (Å²) < 4.78 is 2.22. The van der Waals surface area contributed by atoms with E-state index in [2.05, 4.69) is 50.5 Å². The van der Waals surface area contributed by atoms with E-state index in [1.165, 1.54) is 0 Å². The first-order chi connectivity index (χ1) is 7.65. The van der Waals surface area contributed by atoms with Crippen LogP contribution in [-0.4, -0.2) is 5.91 Å². The Bertz CT molecular complexity index is 524. The number of nitrogens with one attached hydrogen (secondary N) is 1. The minimum atomic E-state index is -0.0545. The fourth-order valence-corrected chi connectivity index (χ4v) is 3.07. The lowest BCUT2D eigenvalue weighted by Crippen LogP contribution is -2.10. The fraction of sp³-hybridized carbons (Fsp3) is 0. The van der Waals surface area contributed by atoms with E-state index in [4.69, 9.17) is 0 Å². The zero-order valence-electron chi connectivity index (χ0n) is 8.04. The molecular formula is C11H7I2NOS. The Morgan fingerprint density at radius 3 is 2.69 bits per heavy atom. The van der Waals surface area contributed by atoms with Crippen molar-refractivity contribution in [3.8, 4) is 0 Å². The molecular weight excluding hydrogens is 448 g/mol. The highest BCUT2D eigenvalue weighted by molar-refractivity contribution is 14.1. The van der Waals surface area contributed by atoms with Crippen molar-refractivity contribution in [2.45, 2.75) is 0 Å². The Morgan fingerprint density at radius 1 is 1.25 bits per heavy atom. The van der Waals surface area contributed by atoms with E-state index >= 15 is 0 Å². The summed E-state index contributed by atoms with van der Waals surface area (Å²) >= 11 is 6.00. The summed E-state index contributed by atoms with van der Waals surface area (Å²) in [6.45, 7) is 0. The lowest BCUT2D eigenvalue weighted by Gasteiger charge is -2.03. The summed E-state index contributed by atoms with van der Waals surface area (Å²) in [6, 6.07) is 9.63. The topological polar surface area (TPSA) is 29.1 Å². The molecule has 1 aromatic carbocycles. The third-order valence-corrected chi connectivity index (χ3v) is 4.37. The summed E-state index contributed by atoms with van der Waals surface area (Å²) in [4.78, 5) is 11.8. The molecule has 0 fully saturated rings. The Kier molecular flexibility index (Phi) is 4.20. The van der Waals surface area contributed by atoms with E-state index in [1.807, 2.05) is 35.7 Å². The minimum Gasteiger partial charge on any atom is -0.322 e.